The molecule has 3 amide bonds. The predicted octanol–water partition coefficient (Wildman–Crippen LogP) is 3.86. The molecule has 1 atom stereocenters. The van der Waals surface area contributed by atoms with Crippen LogP contribution in [0.1, 0.15) is 56.2 Å². The Hall–Kier alpha value is -2.09. The highest BCUT2D eigenvalue weighted by Crippen LogP contribution is 2.34. The summed E-state index contributed by atoms with van der Waals surface area (Å²) in [6, 6.07) is 4.45. The van der Waals surface area contributed by atoms with Crippen LogP contribution < -0.4 is 10.6 Å². The number of rotatable bonds is 6. The lowest BCUT2D eigenvalue weighted by molar-refractivity contribution is -0.137. The van der Waals surface area contributed by atoms with E-state index in [4.69, 9.17) is 0 Å². The normalized spacial score (nSPS) is 18.1. The molecule has 0 aromatic heterocycles. The molecule has 0 aliphatic carbocycles. The molecule has 0 radical (unpaired) electrons. The van der Waals surface area contributed by atoms with Crippen molar-refractivity contribution in [2.45, 2.75) is 51.2 Å². The molecule has 1 aromatic rings. The molecule has 150 valence electrons. The van der Waals surface area contributed by atoms with Gasteiger partial charge in [-0.15, -0.1) is 0 Å². The second-order valence-corrected chi connectivity index (χ2v) is 6.76. The minimum Gasteiger partial charge on any atom is -0.338 e. The zero-order chi connectivity index (χ0) is 19.9. The van der Waals surface area contributed by atoms with Crippen LogP contribution in [0.25, 0.3) is 0 Å². The van der Waals surface area contributed by atoms with Crippen LogP contribution in [0.4, 0.5) is 18.0 Å². The van der Waals surface area contributed by atoms with Crippen molar-refractivity contribution in [2.24, 2.45) is 0 Å². The number of nitrogens with one attached hydrogen (secondary N) is 2. The van der Waals surface area contributed by atoms with E-state index in [1.54, 1.807) is 0 Å². The molecule has 27 heavy (non-hydrogen) atoms. The number of halogens is 3. The number of hydrogen-bond acceptors (Lipinski definition) is 3. The van der Waals surface area contributed by atoms with E-state index in [1.165, 1.54) is 12.1 Å². The second kappa shape index (κ2) is 9.73. The fraction of sp³-hybridized carbons (Fsp3) is 0.579. The maximum absolute atomic E-state index is 12.7. The van der Waals surface area contributed by atoms with Crippen molar-refractivity contribution in [3.05, 3.63) is 35.4 Å². The van der Waals surface area contributed by atoms with Gasteiger partial charge in [0.15, 0.2) is 0 Å². The fourth-order valence-electron chi connectivity index (χ4n) is 3.23. The molecule has 1 heterocycles. The van der Waals surface area contributed by atoms with E-state index in [0.717, 1.165) is 49.8 Å². The summed E-state index contributed by atoms with van der Waals surface area (Å²) in [7, 11) is 0. The Morgan fingerprint density at radius 3 is 2.52 bits per heavy atom. The number of carbonyl (C=O) groups excluding carboxylic acids is 2. The number of piperidine rings is 1. The van der Waals surface area contributed by atoms with E-state index in [0.29, 0.717) is 13.1 Å². The topological polar surface area (TPSA) is 61.4 Å². The van der Waals surface area contributed by atoms with Gasteiger partial charge in [-0.1, -0.05) is 31.9 Å². The van der Waals surface area contributed by atoms with Crippen molar-refractivity contribution in [3.8, 4) is 0 Å². The molecule has 2 N–H and O–H groups in total. The first-order chi connectivity index (χ1) is 12.8. The summed E-state index contributed by atoms with van der Waals surface area (Å²) in [6.07, 6.45) is 0.0338. The van der Waals surface area contributed by atoms with Crippen LogP contribution in [0.5, 0.6) is 0 Å². The lowest BCUT2D eigenvalue weighted by atomic mass is 9.94. The van der Waals surface area contributed by atoms with Gasteiger partial charge in [0.2, 0.25) is 5.91 Å². The van der Waals surface area contributed by atoms with Crippen molar-refractivity contribution >= 4 is 11.9 Å². The third-order valence-corrected chi connectivity index (χ3v) is 4.65. The highest BCUT2D eigenvalue weighted by Gasteiger charge is 2.31. The van der Waals surface area contributed by atoms with Crippen molar-refractivity contribution in [1.82, 2.24) is 15.5 Å². The number of amides is 3. The van der Waals surface area contributed by atoms with E-state index in [1.807, 2.05) is 11.8 Å². The predicted molar refractivity (Wildman–Crippen MR) is 96.1 cm³/mol. The van der Waals surface area contributed by atoms with Gasteiger partial charge in [-0.3, -0.25) is 15.0 Å². The fourth-order valence-corrected chi connectivity index (χ4v) is 3.23. The van der Waals surface area contributed by atoms with Gasteiger partial charge in [0.1, 0.15) is 0 Å². The number of likely N-dealkylation sites (tertiary alicyclic amines) is 1. The van der Waals surface area contributed by atoms with Gasteiger partial charge in [0.25, 0.3) is 0 Å². The van der Waals surface area contributed by atoms with Crippen molar-refractivity contribution in [1.29, 1.82) is 0 Å². The summed E-state index contributed by atoms with van der Waals surface area (Å²) in [5.41, 5.74) is 0.0676. The molecule has 1 aliphatic rings. The van der Waals surface area contributed by atoms with Crippen molar-refractivity contribution in [2.75, 3.05) is 19.6 Å². The van der Waals surface area contributed by atoms with E-state index in [9.17, 15) is 22.8 Å². The van der Waals surface area contributed by atoms with Gasteiger partial charge in [0.05, 0.1) is 12.1 Å². The first kappa shape index (κ1) is 21.2. The Labute approximate surface area is 157 Å². The molecule has 2 rings (SSSR count). The first-order valence-electron chi connectivity index (χ1n) is 9.30. The van der Waals surface area contributed by atoms with Gasteiger partial charge in [-0.05, 0) is 43.5 Å². The van der Waals surface area contributed by atoms with Crippen LogP contribution in [0.15, 0.2) is 24.3 Å². The Morgan fingerprint density at radius 2 is 1.89 bits per heavy atom. The summed E-state index contributed by atoms with van der Waals surface area (Å²) in [5, 5.41) is 4.93. The number of urea groups is 1. The van der Waals surface area contributed by atoms with Gasteiger partial charge < -0.3 is 5.32 Å². The van der Waals surface area contributed by atoms with Crippen LogP contribution in [0.2, 0.25) is 0 Å². The molecule has 1 unspecified atom stereocenters. The Bertz CT molecular complexity index is 632. The zero-order valence-corrected chi connectivity index (χ0v) is 15.4. The van der Waals surface area contributed by atoms with E-state index in [2.05, 4.69) is 10.6 Å². The highest BCUT2D eigenvalue weighted by molar-refractivity contribution is 5.95. The van der Waals surface area contributed by atoms with E-state index >= 15 is 0 Å². The maximum atomic E-state index is 12.7. The summed E-state index contributed by atoms with van der Waals surface area (Å²) in [5.74, 6) is -0.414. The minimum atomic E-state index is -4.37. The Kier molecular flexibility index (Phi) is 7.65. The minimum absolute atomic E-state index is 0.0346. The second-order valence-electron chi connectivity index (χ2n) is 6.76. The first-order valence-corrected chi connectivity index (χ1v) is 9.30. The smallest absolute Gasteiger partial charge is 0.338 e. The van der Waals surface area contributed by atoms with Crippen LogP contribution in [-0.4, -0.2) is 36.5 Å². The molecule has 0 saturated carbocycles. The van der Waals surface area contributed by atoms with Gasteiger partial charge in [0, 0.05) is 12.6 Å². The average Bonchev–Trinajstić information content (AvgIpc) is 2.61. The zero-order valence-electron chi connectivity index (χ0n) is 15.4. The lowest BCUT2D eigenvalue weighted by Crippen LogP contribution is -2.46. The Balaban J connectivity index is 1.96. The largest absolute Gasteiger partial charge is 0.416 e. The maximum Gasteiger partial charge on any atom is 0.416 e. The van der Waals surface area contributed by atoms with Gasteiger partial charge in [-0.2, -0.15) is 13.2 Å². The summed E-state index contributed by atoms with van der Waals surface area (Å²) in [6.45, 7) is 3.21. The standard InChI is InChI=1S/C19H26F3N3O2/c1-2-3-11-23-18(27)24-17(26)13-25-12-5-4-6-16(25)14-7-9-15(10-8-14)19(20,21)22/h7-10,16H,2-6,11-13H2,1H3,(H2,23,24,26,27). The average molecular weight is 385 g/mol. The molecular weight excluding hydrogens is 359 g/mol. The molecule has 5 nitrogen and oxygen atoms in total. The lowest BCUT2D eigenvalue weighted by Gasteiger charge is -2.35. The molecule has 1 aromatic carbocycles. The molecular formula is C19H26F3N3O2. The molecule has 0 spiro atoms. The number of carbonyl (C=O) groups is 2. The molecule has 1 fully saturated rings. The molecule has 8 heteroatoms. The summed E-state index contributed by atoms with van der Waals surface area (Å²) >= 11 is 0. The van der Waals surface area contributed by atoms with Crippen LogP contribution in [0, 0.1) is 0 Å². The Morgan fingerprint density at radius 1 is 1.19 bits per heavy atom. The summed E-state index contributed by atoms with van der Waals surface area (Å²) in [4.78, 5) is 25.8. The summed E-state index contributed by atoms with van der Waals surface area (Å²) < 4.78 is 38.2. The quantitative estimate of drug-likeness (QED) is 0.731. The van der Waals surface area contributed by atoms with Crippen LogP contribution in [0.3, 0.4) is 0 Å². The highest BCUT2D eigenvalue weighted by atomic mass is 19.4. The number of alkyl halides is 3. The molecule has 1 aliphatic heterocycles. The van der Waals surface area contributed by atoms with Crippen LogP contribution in [-0.2, 0) is 11.0 Å². The monoisotopic (exact) mass is 385 g/mol. The number of unbranched alkanes of at least 4 members (excludes halogenated alkanes) is 1. The van der Waals surface area contributed by atoms with E-state index < -0.39 is 23.7 Å². The number of nitrogens with zero attached hydrogens (tertiary/aromatic N) is 1. The van der Waals surface area contributed by atoms with Crippen LogP contribution >= 0.6 is 0 Å². The van der Waals surface area contributed by atoms with Crippen molar-refractivity contribution < 1.29 is 22.8 Å². The number of benzene rings is 1. The third-order valence-electron chi connectivity index (χ3n) is 4.65. The van der Waals surface area contributed by atoms with E-state index in [-0.39, 0.29) is 12.6 Å². The number of imide groups is 1. The molecule has 0 bridgehead atoms. The third kappa shape index (κ3) is 6.53. The van der Waals surface area contributed by atoms with Crippen molar-refractivity contribution in [3.63, 3.8) is 0 Å². The SMILES string of the molecule is CCCCNC(=O)NC(=O)CN1CCCCC1c1ccc(C(F)(F)F)cc1. The number of hydrogen-bond donors (Lipinski definition) is 2. The van der Waals surface area contributed by atoms with Gasteiger partial charge >= 0.3 is 12.2 Å². The van der Waals surface area contributed by atoms with Gasteiger partial charge in [-0.25, -0.2) is 4.79 Å². The molecule has 1 saturated heterocycles.